The van der Waals surface area contributed by atoms with E-state index in [0.717, 1.165) is 53.1 Å². The lowest BCUT2D eigenvalue weighted by atomic mass is 10.1. The Bertz CT molecular complexity index is 1420. The van der Waals surface area contributed by atoms with Crippen LogP contribution in [-0.4, -0.2) is 46.9 Å². The minimum Gasteiger partial charge on any atom is -0.349 e. The van der Waals surface area contributed by atoms with Gasteiger partial charge in [0.2, 0.25) is 22.9 Å². The zero-order valence-corrected chi connectivity index (χ0v) is 24.1. The molecular weight excluding hydrogens is 538 g/mol. The molecule has 4 rings (SSSR count). The zero-order valence-electron chi connectivity index (χ0n) is 23.3. The summed E-state index contributed by atoms with van der Waals surface area (Å²) < 4.78 is 0. The van der Waals surface area contributed by atoms with Crippen molar-refractivity contribution in [1.82, 2.24) is 31.3 Å². The number of hydrazine groups is 1. The van der Waals surface area contributed by atoms with Gasteiger partial charge in [-0.15, -0.1) is 10.2 Å². The number of anilines is 1. The van der Waals surface area contributed by atoms with Crippen molar-refractivity contribution in [3.05, 3.63) is 100.0 Å². The first-order valence-electron chi connectivity index (χ1n) is 13.5. The van der Waals surface area contributed by atoms with E-state index in [1.165, 1.54) is 11.3 Å². The molecule has 1 aromatic heterocycles. The van der Waals surface area contributed by atoms with Crippen molar-refractivity contribution in [2.45, 2.75) is 44.9 Å². The van der Waals surface area contributed by atoms with Gasteiger partial charge in [0.25, 0.3) is 0 Å². The number of aromatic nitrogens is 2. The van der Waals surface area contributed by atoms with Gasteiger partial charge in [0.1, 0.15) is 10.8 Å². The second kappa shape index (κ2) is 14.8. The van der Waals surface area contributed by atoms with Gasteiger partial charge < -0.3 is 21.0 Å². The largest absolute Gasteiger partial charge is 0.349 e. The van der Waals surface area contributed by atoms with Gasteiger partial charge in [-0.2, -0.15) is 0 Å². The van der Waals surface area contributed by atoms with Gasteiger partial charge in [-0.05, 0) is 48.1 Å². The van der Waals surface area contributed by atoms with Gasteiger partial charge in [-0.1, -0.05) is 65.9 Å². The highest BCUT2D eigenvalue weighted by Crippen LogP contribution is 2.19. The van der Waals surface area contributed by atoms with E-state index in [2.05, 4.69) is 31.7 Å². The Morgan fingerprint density at radius 3 is 2.20 bits per heavy atom. The number of carbonyl (C=O) groups excluding carboxylic acids is 3. The quantitative estimate of drug-likeness (QED) is 0.231. The molecule has 214 valence electrons. The molecule has 0 unspecified atom stereocenters. The Morgan fingerprint density at radius 1 is 0.780 bits per heavy atom. The van der Waals surface area contributed by atoms with Gasteiger partial charge >= 0.3 is 0 Å². The van der Waals surface area contributed by atoms with Crippen LogP contribution >= 0.6 is 11.3 Å². The van der Waals surface area contributed by atoms with Crippen molar-refractivity contribution in [2.24, 2.45) is 0 Å². The molecule has 10 nitrogen and oxygen atoms in total. The Kier molecular flexibility index (Phi) is 10.6. The van der Waals surface area contributed by atoms with Crippen molar-refractivity contribution in [1.29, 1.82) is 0 Å². The average Bonchev–Trinajstić information content (AvgIpc) is 3.39. The Labute approximate surface area is 243 Å². The van der Waals surface area contributed by atoms with Crippen LogP contribution < -0.4 is 21.5 Å². The predicted octanol–water partition coefficient (Wildman–Crippen LogP) is 3.25. The molecule has 0 saturated heterocycles. The summed E-state index contributed by atoms with van der Waals surface area (Å²) in [4.78, 5) is 38.3. The van der Waals surface area contributed by atoms with Crippen molar-refractivity contribution in [3.63, 3.8) is 0 Å². The van der Waals surface area contributed by atoms with Crippen LogP contribution in [0.5, 0.6) is 0 Å². The summed E-state index contributed by atoms with van der Waals surface area (Å²) in [7, 11) is 3.45. The van der Waals surface area contributed by atoms with Crippen molar-refractivity contribution in [3.8, 4) is 0 Å². The second-order valence-corrected chi connectivity index (χ2v) is 11.0. The van der Waals surface area contributed by atoms with E-state index in [-0.39, 0.29) is 24.1 Å². The number of likely N-dealkylation sites (N-methyl/N-ethyl adjacent to an activating group) is 1. The molecule has 1 aliphatic rings. The standard InChI is InChI=1S/C30H35N7O3S/c1-37(2)29(40)20-23-12-8-11-22(17-23)19-27(39)32-30-36-35-28(41-30)14-7-6-13-24-15-16-25(34-33-24)31-26(38)18-21-9-4-3-5-10-21/h3-5,8-12,15-17,33-34H,6-7,13-14,18-20H2,1-2H3,(H,31,38)(H,32,36,39). The summed E-state index contributed by atoms with van der Waals surface area (Å²) in [5, 5.41) is 15.4. The molecule has 0 saturated carbocycles. The smallest absolute Gasteiger partial charge is 0.230 e. The highest BCUT2D eigenvalue weighted by Gasteiger charge is 2.12. The maximum atomic E-state index is 12.5. The molecule has 3 amide bonds. The normalized spacial score (nSPS) is 12.3. The maximum absolute atomic E-state index is 12.5. The van der Waals surface area contributed by atoms with Crippen LogP contribution in [-0.2, 0) is 40.1 Å². The average molecular weight is 574 g/mol. The first kappa shape index (κ1) is 29.5. The second-order valence-electron chi connectivity index (χ2n) is 9.95. The van der Waals surface area contributed by atoms with Gasteiger partial charge in [-0.25, -0.2) is 0 Å². The van der Waals surface area contributed by atoms with Gasteiger partial charge in [0, 0.05) is 26.2 Å². The number of aryl methyl sites for hydroxylation is 1. The molecule has 0 fully saturated rings. The molecule has 3 aromatic rings. The summed E-state index contributed by atoms with van der Waals surface area (Å²) in [5.74, 6) is 0.381. The number of nitrogens with zero attached hydrogens (tertiary/aromatic N) is 3. The fourth-order valence-corrected chi connectivity index (χ4v) is 4.94. The first-order chi connectivity index (χ1) is 19.8. The summed E-state index contributed by atoms with van der Waals surface area (Å²) in [5.41, 5.74) is 9.89. The van der Waals surface area contributed by atoms with E-state index < -0.39 is 0 Å². The molecule has 11 heteroatoms. The number of nitrogens with one attached hydrogen (secondary N) is 4. The van der Waals surface area contributed by atoms with Crippen LogP contribution in [0.25, 0.3) is 0 Å². The number of carbonyl (C=O) groups is 3. The third kappa shape index (κ3) is 9.87. The zero-order chi connectivity index (χ0) is 29.0. The third-order valence-corrected chi connectivity index (χ3v) is 7.20. The van der Waals surface area contributed by atoms with Gasteiger partial charge in [-0.3, -0.25) is 19.8 Å². The first-order valence-corrected chi connectivity index (χ1v) is 14.3. The summed E-state index contributed by atoms with van der Waals surface area (Å²) in [6.07, 6.45) is 8.11. The lowest BCUT2D eigenvalue weighted by Crippen LogP contribution is -2.41. The summed E-state index contributed by atoms with van der Waals surface area (Å²) in [6, 6.07) is 17.1. The number of allylic oxidation sites excluding steroid dienone is 3. The van der Waals surface area contributed by atoms with Gasteiger partial charge in [0.15, 0.2) is 0 Å². The van der Waals surface area contributed by atoms with Crippen LogP contribution in [0.15, 0.2) is 78.3 Å². The predicted molar refractivity (Wildman–Crippen MR) is 159 cm³/mol. The van der Waals surface area contributed by atoms with E-state index in [4.69, 9.17) is 0 Å². The fraction of sp³-hybridized carbons (Fsp3) is 0.300. The molecule has 2 heterocycles. The number of rotatable bonds is 13. The molecule has 0 aliphatic carbocycles. The number of hydrogen-bond donors (Lipinski definition) is 4. The molecule has 0 atom stereocenters. The third-order valence-electron chi connectivity index (χ3n) is 6.30. The lowest BCUT2D eigenvalue weighted by Gasteiger charge is -2.20. The minimum absolute atomic E-state index is 0.0162. The van der Waals surface area contributed by atoms with E-state index in [0.29, 0.717) is 23.8 Å². The topological polar surface area (TPSA) is 128 Å². The van der Waals surface area contributed by atoms with E-state index in [9.17, 15) is 14.4 Å². The molecule has 2 aromatic carbocycles. The number of amides is 3. The molecular formula is C30H35N7O3S. The van der Waals surface area contributed by atoms with Crippen LogP contribution in [0.2, 0.25) is 0 Å². The number of hydrogen-bond acceptors (Lipinski definition) is 8. The molecule has 1 aliphatic heterocycles. The van der Waals surface area contributed by atoms with Gasteiger partial charge in [0.05, 0.1) is 19.3 Å². The van der Waals surface area contributed by atoms with Crippen LogP contribution in [0.4, 0.5) is 5.13 Å². The molecule has 0 bridgehead atoms. The number of unbranched alkanes of at least 4 members (excludes halogenated alkanes) is 1. The minimum atomic E-state index is -0.171. The van der Waals surface area contributed by atoms with Crippen LogP contribution in [0.3, 0.4) is 0 Å². The highest BCUT2D eigenvalue weighted by atomic mass is 32.1. The van der Waals surface area contributed by atoms with Crippen molar-refractivity contribution < 1.29 is 14.4 Å². The Hall–Kier alpha value is -4.51. The van der Waals surface area contributed by atoms with Crippen molar-refractivity contribution in [2.75, 3.05) is 19.4 Å². The monoisotopic (exact) mass is 573 g/mol. The van der Waals surface area contributed by atoms with E-state index in [1.807, 2.05) is 66.7 Å². The molecule has 0 radical (unpaired) electrons. The number of benzene rings is 2. The molecule has 0 spiro atoms. The van der Waals surface area contributed by atoms with Crippen LogP contribution in [0.1, 0.15) is 41.0 Å². The van der Waals surface area contributed by atoms with Crippen LogP contribution in [0, 0.1) is 0 Å². The van der Waals surface area contributed by atoms with E-state index in [1.54, 1.807) is 19.0 Å². The van der Waals surface area contributed by atoms with Crippen molar-refractivity contribution >= 4 is 34.2 Å². The summed E-state index contributed by atoms with van der Waals surface area (Å²) in [6.45, 7) is 0. The molecule has 41 heavy (non-hydrogen) atoms. The maximum Gasteiger partial charge on any atom is 0.230 e. The Morgan fingerprint density at radius 2 is 1.46 bits per heavy atom. The van der Waals surface area contributed by atoms with E-state index >= 15 is 0 Å². The highest BCUT2D eigenvalue weighted by molar-refractivity contribution is 7.15. The lowest BCUT2D eigenvalue weighted by molar-refractivity contribution is -0.128. The molecule has 4 N–H and O–H groups in total. The SMILES string of the molecule is CN(C)C(=O)Cc1cccc(CC(=O)Nc2nnc(CCCCC3=CC=C(NC(=O)Cc4ccccc4)NN3)s2)c1. The fourth-order valence-electron chi connectivity index (χ4n) is 4.14. The Balaban J connectivity index is 1.15. The summed E-state index contributed by atoms with van der Waals surface area (Å²) >= 11 is 1.38.